The second-order valence-corrected chi connectivity index (χ2v) is 6.52. The number of methoxy groups -OCH3 is 1. The van der Waals surface area contributed by atoms with Crippen molar-refractivity contribution in [2.45, 2.75) is 13.8 Å². The molecule has 0 radical (unpaired) electrons. The fraction of sp³-hybridized carbons (Fsp3) is 0.143. The number of benzene rings is 1. The van der Waals surface area contributed by atoms with Crippen molar-refractivity contribution in [3.8, 4) is 16.9 Å². The van der Waals surface area contributed by atoms with Gasteiger partial charge >= 0.3 is 0 Å². The summed E-state index contributed by atoms with van der Waals surface area (Å²) in [4.78, 5) is 34.6. The number of hydrogen-bond donors (Lipinski definition) is 2. The van der Waals surface area contributed by atoms with E-state index < -0.39 is 11.5 Å². The lowest BCUT2D eigenvalue weighted by atomic mass is 10.1. The van der Waals surface area contributed by atoms with Crippen LogP contribution >= 0.6 is 0 Å². The third-order valence-corrected chi connectivity index (χ3v) is 4.65. The normalized spacial score (nSPS) is 10.9. The number of aromatic nitrogens is 4. The van der Waals surface area contributed by atoms with Crippen molar-refractivity contribution < 1.29 is 9.53 Å². The highest BCUT2D eigenvalue weighted by Crippen LogP contribution is 2.27. The van der Waals surface area contributed by atoms with Gasteiger partial charge in [0.2, 0.25) is 0 Å². The molecule has 0 unspecified atom stereocenters. The minimum absolute atomic E-state index is 0.0592. The van der Waals surface area contributed by atoms with Crippen LogP contribution in [-0.2, 0) is 0 Å². The van der Waals surface area contributed by atoms with Crippen molar-refractivity contribution in [1.29, 1.82) is 0 Å². The first-order chi connectivity index (χ1) is 14.0. The summed E-state index contributed by atoms with van der Waals surface area (Å²) in [6.45, 7) is 3.51. The highest BCUT2D eigenvalue weighted by atomic mass is 16.5. The predicted molar refractivity (Wildman–Crippen MR) is 109 cm³/mol. The van der Waals surface area contributed by atoms with Gasteiger partial charge in [0.05, 0.1) is 12.8 Å². The summed E-state index contributed by atoms with van der Waals surface area (Å²) >= 11 is 0. The lowest BCUT2D eigenvalue weighted by Gasteiger charge is -2.10. The van der Waals surface area contributed by atoms with E-state index >= 15 is 0 Å². The van der Waals surface area contributed by atoms with Crippen LogP contribution in [0.1, 0.15) is 21.7 Å². The van der Waals surface area contributed by atoms with Gasteiger partial charge < -0.3 is 10.1 Å². The Bertz CT molecular complexity index is 1270. The van der Waals surface area contributed by atoms with E-state index in [0.717, 1.165) is 16.8 Å². The fourth-order valence-corrected chi connectivity index (χ4v) is 3.32. The molecule has 146 valence electrons. The van der Waals surface area contributed by atoms with Crippen LogP contribution in [0.25, 0.3) is 16.8 Å². The molecule has 0 saturated carbocycles. The monoisotopic (exact) mass is 389 g/mol. The zero-order valence-corrected chi connectivity index (χ0v) is 16.2. The van der Waals surface area contributed by atoms with Crippen molar-refractivity contribution in [3.05, 3.63) is 76.0 Å². The topological polar surface area (TPSA) is 101 Å². The minimum Gasteiger partial charge on any atom is -0.493 e. The molecule has 0 aliphatic carbocycles. The SMILES string of the molecule is COc1cccnc1NC(=O)c1c(C)nc2c(-c3ccccc3)c(C)[nH]n2c1=O. The van der Waals surface area contributed by atoms with Gasteiger partial charge in [0, 0.05) is 17.5 Å². The molecule has 3 aromatic heterocycles. The van der Waals surface area contributed by atoms with Crippen LogP contribution in [0, 0.1) is 13.8 Å². The third kappa shape index (κ3) is 3.14. The van der Waals surface area contributed by atoms with Gasteiger partial charge in [0.1, 0.15) is 5.56 Å². The van der Waals surface area contributed by atoms with Gasteiger partial charge in [-0.1, -0.05) is 30.3 Å². The molecule has 8 heteroatoms. The van der Waals surface area contributed by atoms with E-state index in [1.807, 2.05) is 37.3 Å². The van der Waals surface area contributed by atoms with E-state index in [1.165, 1.54) is 17.8 Å². The van der Waals surface area contributed by atoms with Gasteiger partial charge in [-0.3, -0.25) is 14.7 Å². The maximum atomic E-state index is 13.1. The molecular weight excluding hydrogens is 370 g/mol. The zero-order valence-electron chi connectivity index (χ0n) is 16.2. The summed E-state index contributed by atoms with van der Waals surface area (Å²) in [5.74, 6) is 0.0335. The van der Waals surface area contributed by atoms with Gasteiger partial charge in [-0.2, -0.15) is 0 Å². The third-order valence-electron chi connectivity index (χ3n) is 4.65. The highest BCUT2D eigenvalue weighted by Gasteiger charge is 2.22. The molecule has 0 spiro atoms. The van der Waals surface area contributed by atoms with Crippen molar-refractivity contribution in [1.82, 2.24) is 19.6 Å². The average molecular weight is 389 g/mol. The van der Waals surface area contributed by atoms with Crippen LogP contribution in [-0.4, -0.2) is 32.6 Å². The molecule has 2 N–H and O–H groups in total. The van der Waals surface area contributed by atoms with Crippen molar-refractivity contribution >= 4 is 17.4 Å². The van der Waals surface area contributed by atoms with E-state index in [1.54, 1.807) is 19.1 Å². The molecule has 0 aliphatic heterocycles. The molecule has 3 heterocycles. The molecule has 0 saturated heterocycles. The lowest BCUT2D eigenvalue weighted by molar-refractivity contribution is 0.102. The molecule has 29 heavy (non-hydrogen) atoms. The van der Waals surface area contributed by atoms with E-state index in [0.29, 0.717) is 17.1 Å². The van der Waals surface area contributed by atoms with E-state index in [2.05, 4.69) is 20.4 Å². The fourth-order valence-electron chi connectivity index (χ4n) is 3.32. The number of carbonyl (C=O) groups excluding carboxylic acids is 1. The smallest absolute Gasteiger partial charge is 0.285 e. The van der Waals surface area contributed by atoms with Gasteiger partial charge in [-0.15, -0.1) is 0 Å². The molecule has 0 bridgehead atoms. The number of nitrogens with zero attached hydrogens (tertiary/aromatic N) is 3. The van der Waals surface area contributed by atoms with Crippen molar-refractivity contribution in [2.75, 3.05) is 12.4 Å². The summed E-state index contributed by atoms with van der Waals surface area (Å²) in [5.41, 5.74) is 2.81. The van der Waals surface area contributed by atoms with Crippen LogP contribution in [0.2, 0.25) is 0 Å². The van der Waals surface area contributed by atoms with Crippen LogP contribution in [0.5, 0.6) is 5.75 Å². The van der Waals surface area contributed by atoms with Gasteiger partial charge in [-0.25, -0.2) is 14.5 Å². The Balaban J connectivity index is 1.83. The second kappa shape index (κ2) is 7.23. The molecule has 4 aromatic rings. The molecule has 0 fully saturated rings. The quantitative estimate of drug-likeness (QED) is 0.559. The Morgan fingerprint density at radius 2 is 1.90 bits per heavy atom. The second-order valence-electron chi connectivity index (χ2n) is 6.52. The van der Waals surface area contributed by atoms with E-state index in [9.17, 15) is 9.59 Å². The first-order valence-corrected chi connectivity index (χ1v) is 8.99. The maximum Gasteiger partial charge on any atom is 0.285 e. The number of fused-ring (bicyclic) bond motifs is 1. The van der Waals surface area contributed by atoms with Gasteiger partial charge in [-0.05, 0) is 31.5 Å². The Morgan fingerprint density at radius 3 is 2.62 bits per heavy atom. The largest absolute Gasteiger partial charge is 0.493 e. The molecule has 0 atom stereocenters. The van der Waals surface area contributed by atoms with Crippen molar-refractivity contribution in [3.63, 3.8) is 0 Å². The number of nitrogens with one attached hydrogen (secondary N) is 2. The first-order valence-electron chi connectivity index (χ1n) is 8.99. The Kier molecular flexibility index (Phi) is 4.59. The van der Waals surface area contributed by atoms with Gasteiger partial charge in [0.15, 0.2) is 17.2 Å². The molecular formula is C21H19N5O3. The first kappa shape index (κ1) is 18.4. The zero-order chi connectivity index (χ0) is 20.5. The summed E-state index contributed by atoms with van der Waals surface area (Å²) in [6.07, 6.45) is 1.53. The number of carbonyl (C=O) groups is 1. The Labute approximate surface area is 166 Å². The predicted octanol–water partition coefficient (Wildman–Crippen LogP) is 2.96. The van der Waals surface area contributed by atoms with Crippen LogP contribution in [0.4, 0.5) is 5.82 Å². The number of anilines is 1. The summed E-state index contributed by atoms with van der Waals surface area (Å²) in [6, 6.07) is 13.0. The molecule has 1 amide bonds. The molecule has 4 rings (SSSR count). The van der Waals surface area contributed by atoms with Crippen LogP contribution in [0.15, 0.2) is 53.5 Å². The highest BCUT2D eigenvalue weighted by molar-refractivity contribution is 6.05. The minimum atomic E-state index is -0.597. The number of amides is 1. The molecule has 8 nitrogen and oxygen atoms in total. The number of rotatable bonds is 4. The number of aromatic amines is 1. The number of ether oxygens (including phenoxy) is 1. The summed E-state index contributed by atoms with van der Waals surface area (Å²) < 4.78 is 6.50. The summed E-state index contributed by atoms with van der Waals surface area (Å²) in [7, 11) is 1.48. The Morgan fingerprint density at radius 1 is 1.14 bits per heavy atom. The van der Waals surface area contributed by atoms with E-state index in [4.69, 9.17) is 4.74 Å². The standard InChI is InChI=1S/C21H19N5O3/c1-12-17(20(27)24-18-15(29-3)10-7-11-22-18)21(28)26-19(23-12)16(13(2)25-26)14-8-5-4-6-9-14/h4-11,25H,1-3H3,(H,22,24,27). The van der Waals surface area contributed by atoms with E-state index in [-0.39, 0.29) is 11.4 Å². The number of hydrogen-bond acceptors (Lipinski definition) is 5. The Hall–Kier alpha value is -3.94. The van der Waals surface area contributed by atoms with Crippen LogP contribution < -0.4 is 15.6 Å². The average Bonchev–Trinajstić information content (AvgIpc) is 3.05. The molecule has 1 aromatic carbocycles. The van der Waals surface area contributed by atoms with Gasteiger partial charge in [0.25, 0.3) is 11.5 Å². The van der Waals surface area contributed by atoms with Crippen molar-refractivity contribution in [2.24, 2.45) is 0 Å². The number of aryl methyl sites for hydroxylation is 2. The summed E-state index contributed by atoms with van der Waals surface area (Å²) in [5, 5.41) is 5.66. The lowest BCUT2D eigenvalue weighted by Crippen LogP contribution is -2.29. The maximum absolute atomic E-state index is 13.1. The number of pyridine rings is 1. The molecule has 0 aliphatic rings. The van der Waals surface area contributed by atoms with Crippen LogP contribution in [0.3, 0.4) is 0 Å². The number of H-pyrrole nitrogens is 1.